The molecule has 5 nitrogen and oxygen atoms in total. The van der Waals surface area contributed by atoms with Crippen LogP contribution in [0.3, 0.4) is 0 Å². The summed E-state index contributed by atoms with van der Waals surface area (Å²) < 4.78 is 35.6. The van der Waals surface area contributed by atoms with Gasteiger partial charge < -0.3 is 4.55 Å². The first-order valence-corrected chi connectivity index (χ1v) is 5.82. The van der Waals surface area contributed by atoms with Crippen LogP contribution in [0.15, 0.2) is 30.3 Å². The number of Topliss-reactive ketones (excluding diaryl/α,β-unsaturated/α-hetero) is 1. The smallest absolute Gasteiger partial charge is 0.218 e. The molecule has 0 atom stereocenters. The molecule has 0 saturated carbocycles. The third-order valence-electron chi connectivity index (χ3n) is 1.89. The Morgan fingerprint density at radius 2 is 1.75 bits per heavy atom. The van der Waals surface area contributed by atoms with Crippen molar-refractivity contribution in [3.8, 4) is 0 Å². The van der Waals surface area contributed by atoms with Gasteiger partial charge in [-0.25, -0.2) is 8.42 Å². The molecule has 6 heteroatoms. The van der Waals surface area contributed by atoms with Gasteiger partial charge in [-0.15, -0.1) is 0 Å². The first kappa shape index (κ1) is 12.8. The van der Waals surface area contributed by atoms with Crippen molar-refractivity contribution in [3.05, 3.63) is 35.9 Å². The number of ketones is 1. The summed E-state index contributed by atoms with van der Waals surface area (Å²) in [6.45, 7) is 2.47. The van der Waals surface area contributed by atoms with Crippen molar-refractivity contribution in [2.45, 2.75) is 19.4 Å². The van der Waals surface area contributed by atoms with E-state index in [1.165, 1.54) is 26.0 Å². The number of hydrogen-bond acceptors (Lipinski definition) is 5. The molecule has 1 aromatic rings. The number of rotatable bonds is 4. The van der Waals surface area contributed by atoms with Crippen molar-refractivity contribution < 1.29 is 21.9 Å². The minimum absolute atomic E-state index is 0.288. The third-order valence-corrected chi connectivity index (χ3v) is 2.51. The number of carbonyl (C=O) groups is 1. The topological polar surface area (TPSA) is 83.5 Å². The fourth-order valence-electron chi connectivity index (χ4n) is 1.23. The number of hydrogen-bond donors (Lipinski definition) is 0. The lowest BCUT2D eigenvalue weighted by Crippen LogP contribution is -2.37. The molecule has 0 amide bonds. The van der Waals surface area contributed by atoms with E-state index in [1.54, 1.807) is 18.2 Å². The van der Waals surface area contributed by atoms with Crippen LogP contribution in [0.4, 0.5) is 0 Å². The zero-order valence-corrected chi connectivity index (χ0v) is 9.65. The Bertz CT molecular complexity index is 475. The van der Waals surface area contributed by atoms with E-state index < -0.39 is 21.8 Å². The number of benzene rings is 1. The van der Waals surface area contributed by atoms with Gasteiger partial charge in [0.05, 0.1) is 0 Å². The van der Waals surface area contributed by atoms with Gasteiger partial charge in [0, 0.05) is 5.56 Å². The normalized spacial score (nSPS) is 12.4. The highest BCUT2D eigenvalue weighted by Crippen LogP contribution is 2.18. The van der Waals surface area contributed by atoms with Crippen molar-refractivity contribution >= 4 is 16.2 Å². The lowest BCUT2D eigenvalue weighted by atomic mass is 9.97. The van der Waals surface area contributed by atoms with Crippen molar-refractivity contribution in [3.63, 3.8) is 0 Å². The Hall–Kier alpha value is -1.24. The van der Waals surface area contributed by atoms with Crippen LogP contribution in [-0.2, 0) is 14.6 Å². The fraction of sp³-hybridized carbons (Fsp3) is 0.300. The first-order valence-electron chi connectivity index (χ1n) is 4.49. The molecule has 0 bridgehead atoms. The average molecular weight is 243 g/mol. The van der Waals surface area contributed by atoms with Gasteiger partial charge in [-0.2, -0.15) is 0 Å². The highest BCUT2D eigenvalue weighted by molar-refractivity contribution is 7.80. The van der Waals surface area contributed by atoms with Crippen molar-refractivity contribution in [1.29, 1.82) is 0 Å². The highest BCUT2D eigenvalue weighted by atomic mass is 32.3. The van der Waals surface area contributed by atoms with Gasteiger partial charge in [-0.3, -0.25) is 8.98 Å². The van der Waals surface area contributed by atoms with E-state index in [4.69, 9.17) is 0 Å². The van der Waals surface area contributed by atoms with Gasteiger partial charge in [0.25, 0.3) is 0 Å². The maximum absolute atomic E-state index is 11.8. The van der Waals surface area contributed by atoms with Crippen LogP contribution in [0.25, 0.3) is 0 Å². The molecule has 0 fully saturated rings. The molecule has 0 aromatic heterocycles. The minimum Gasteiger partial charge on any atom is -0.725 e. The van der Waals surface area contributed by atoms with Crippen LogP contribution < -0.4 is 0 Å². The molecule has 0 aliphatic heterocycles. The molecule has 88 valence electrons. The standard InChI is InChI=1S/C10H12O5S/c1-10(2,15-16(12,13)14)9(11)8-6-4-3-5-7-8/h3-7H,1-2H3,(H,12,13,14)/p-1. The van der Waals surface area contributed by atoms with Gasteiger partial charge in [-0.1, -0.05) is 30.3 Å². The third kappa shape index (κ3) is 3.41. The van der Waals surface area contributed by atoms with Gasteiger partial charge >= 0.3 is 0 Å². The molecule has 0 N–H and O–H groups in total. The Labute approximate surface area is 94.0 Å². The van der Waals surface area contributed by atoms with Crippen molar-refractivity contribution in [1.82, 2.24) is 0 Å². The Morgan fingerprint density at radius 1 is 1.25 bits per heavy atom. The molecule has 0 radical (unpaired) electrons. The second-order valence-electron chi connectivity index (χ2n) is 3.70. The van der Waals surface area contributed by atoms with E-state index in [9.17, 15) is 17.8 Å². The van der Waals surface area contributed by atoms with Crippen molar-refractivity contribution in [2.24, 2.45) is 0 Å². The summed E-state index contributed by atoms with van der Waals surface area (Å²) in [6.07, 6.45) is 0. The van der Waals surface area contributed by atoms with Crippen LogP contribution in [-0.4, -0.2) is 24.4 Å². The zero-order valence-electron chi connectivity index (χ0n) is 8.84. The summed E-state index contributed by atoms with van der Waals surface area (Å²) in [6, 6.07) is 8.02. The summed E-state index contributed by atoms with van der Waals surface area (Å²) in [5.74, 6) is -0.562. The second-order valence-corrected chi connectivity index (χ2v) is 4.68. The quantitative estimate of drug-likeness (QED) is 0.449. The molecular formula is C10H11O5S-. The van der Waals surface area contributed by atoms with Gasteiger partial charge in [0.15, 0.2) is 5.78 Å². The molecule has 0 heterocycles. The Balaban J connectivity index is 2.98. The molecule has 1 aromatic carbocycles. The molecule has 0 unspecified atom stereocenters. The van der Waals surface area contributed by atoms with Crippen molar-refractivity contribution in [2.75, 3.05) is 0 Å². The molecule has 0 spiro atoms. The maximum Gasteiger partial charge on any atom is 0.218 e. The summed E-state index contributed by atoms with van der Waals surface area (Å²) in [4.78, 5) is 11.8. The molecule has 0 aliphatic rings. The van der Waals surface area contributed by atoms with Crippen LogP contribution in [0, 0.1) is 0 Å². The summed E-state index contributed by atoms with van der Waals surface area (Å²) in [5, 5.41) is 0. The van der Waals surface area contributed by atoms with Crippen LogP contribution in [0.1, 0.15) is 24.2 Å². The Kier molecular flexibility index (Phi) is 3.47. The SMILES string of the molecule is CC(C)(OS(=O)(=O)[O-])C(=O)c1ccccc1. The fourth-order valence-corrected chi connectivity index (χ4v) is 1.82. The van der Waals surface area contributed by atoms with E-state index in [0.717, 1.165) is 0 Å². The molecular weight excluding hydrogens is 232 g/mol. The largest absolute Gasteiger partial charge is 0.725 e. The van der Waals surface area contributed by atoms with E-state index in [0.29, 0.717) is 0 Å². The molecule has 1 rings (SSSR count). The summed E-state index contributed by atoms with van der Waals surface area (Å²) >= 11 is 0. The molecule has 0 saturated heterocycles. The number of carbonyl (C=O) groups excluding carboxylic acids is 1. The van der Waals surface area contributed by atoms with E-state index in [2.05, 4.69) is 4.18 Å². The second kappa shape index (κ2) is 4.32. The van der Waals surface area contributed by atoms with Crippen LogP contribution in [0.5, 0.6) is 0 Å². The van der Waals surface area contributed by atoms with Crippen LogP contribution >= 0.6 is 0 Å². The summed E-state index contributed by atoms with van der Waals surface area (Å²) in [5.41, 5.74) is -1.40. The van der Waals surface area contributed by atoms with Gasteiger partial charge in [0.2, 0.25) is 10.4 Å². The monoisotopic (exact) mass is 243 g/mol. The lowest BCUT2D eigenvalue weighted by Gasteiger charge is -2.24. The molecule has 0 aliphatic carbocycles. The van der Waals surface area contributed by atoms with Crippen LogP contribution in [0.2, 0.25) is 0 Å². The van der Waals surface area contributed by atoms with Gasteiger partial charge in [0.1, 0.15) is 5.60 Å². The average Bonchev–Trinajstić information content (AvgIpc) is 2.14. The predicted octanol–water partition coefficient (Wildman–Crippen LogP) is 1.12. The molecule has 16 heavy (non-hydrogen) atoms. The van der Waals surface area contributed by atoms with E-state index >= 15 is 0 Å². The lowest BCUT2D eigenvalue weighted by molar-refractivity contribution is 0.0555. The highest BCUT2D eigenvalue weighted by Gasteiger charge is 2.32. The first-order chi connectivity index (χ1) is 7.22. The van der Waals surface area contributed by atoms with E-state index in [-0.39, 0.29) is 5.56 Å². The predicted molar refractivity (Wildman–Crippen MR) is 55.6 cm³/mol. The maximum atomic E-state index is 11.8. The zero-order chi connectivity index (χ0) is 12.4. The van der Waals surface area contributed by atoms with E-state index in [1.807, 2.05) is 0 Å². The Morgan fingerprint density at radius 3 is 2.19 bits per heavy atom. The minimum atomic E-state index is -4.91. The van der Waals surface area contributed by atoms with Gasteiger partial charge in [-0.05, 0) is 13.8 Å². The summed E-state index contributed by atoms with van der Waals surface area (Å²) in [7, 11) is -4.91.